The molecule has 0 aliphatic rings. The second-order valence-electron chi connectivity index (χ2n) is 4.00. The number of nitrogens with zero attached hydrogens (tertiary/aromatic N) is 3. The van der Waals surface area contributed by atoms with Gasteiger partial charge in [0, 0.05) is 0 Å². The highest BCUT2D eigenvalue weighted by molar-refractivity contribution is 6.12. The largest absolute Gasteiger partial charge is 0.508 e. The first-order valence-electron chi connectivity index (χ1n) is 6.80. The van der Waals surface area contributed by atoms with Crippen LogP contribution >= 0.6 is 0 Å². The highest BCUT2D eigenvalue weighted by atomic mass is 16.7. The standard InChI is InChI=1S/C13H17N5O5/c1-3-21-12(19)17-11-10(9(15)7-14)16-8-18(11)5-6-23-13(20)22-4-2/h8,15H,3-6H2,1-2H3,(H,17,19). The first kappa shape index (κ1) is 18.0. The molecule has 0 aromatic carbocycles. The van der Waals surface area contributed by atoms with Crippen LogP contribution in [-0.2, 0) is 20.8 Å². The second-order valence-corrected chi connectivity index (χ2v) is 4.00. The van der Waals surface area contributed by atoms with Gasteiger partial charge >= 0.3 is 12.2 Å². The summed E-state index contributed by atoms with van der Waals surface area (Å²) in [5.41, 5.74) is -0.418. The number of hydrogen-bond acceptors (Lipinski definition) is 8. The molecule has 0 spiro atoms. The van der Waals surface area contributed by atoms with E-state index in [1.807, 2.05) is 0 Å². The van der Waals surface area contributed by atoms with Crippen LogP contribution < -0.4 is 5.32 Å². The molecule has 0 bridgehead atoms. The first-order valence-corrected chi connectivity index (χ1v) is 6.80. The Labute approximate surface area is 132 Å². The number of hydrogen-bond donors (Lipinski definition) is 2. The molecule has 1 rings (SSSR count). The lowest BCUT2D eigenvalue weighted by molar-refractivity contribution is 0.0567. The topological polar surface area (TPSA) is 139 Å². The summed E-state index contributed by atoms with van der Waals surface area (Å²) in [7, 11) is 0. The maximum Gasteiger partial charge on any atom is 0.508 e. The van der Waals surface area contributed by atoms with Crippen molar-refractivity contribution in [1.82, 2.24) is 9.55 Å². The first-order chi connectivity index (χ1) is 11.0. The molecule has 1 heterocycles. The van der Waals surface area contributed by atoms with Gasteiger partial charge in [-0.1, -0.05) is 0 Å². The maximum absolute atomic E-state index is 11.6. The van der Waals surface area contributed by atoms with E-state index in [4.69, 9.17) is 20.1 Å². The Morgan fingerprint density at radius 2 is 2.04 bits per heavy atom. The van der Waals surface area contributed by atoms with Gasteiger partial charge < -0.3 is 18.8 Å². The molecule has 1 aromatic heterocycles. The summed E-state index contributed by atoms with van der Waals surface area (Å²) in [5.74, 6) is 0.113. The molecule has 0 saturated heterocycles. The number of ether oxygens (including phenoxy) is 3. The van der Waals surface area contributed by atoms with Gasteiger partial charge in [0.05, 0.1) is 26.1 Å². The molecule has 1 amide bonds. The monoisotopic (exact) mass is 323 g/mol. The van der Waals surface area contributed by atoms with E-state index < -0.39 is 18.0 Å². The number of carbonyl (C=O) groups excluding carboxylic acids is 2. The zero-order valence-electron chi connectivity index (χ0n) is 12.8. The number of carbonyl (C=O) groups is 2. The summed E-state index contributed by atoms with van der Waals surface area (Å²) in [5, 5.41) is 18.8. The van der Waals surface area contributed by atoms with Crippen LogP contribution in [0.1, 0.15) is 19.5 Å². The van der Waals surface area contributed by atoms with Crippen molar-refractivity contribution in [2.24, 2.45) is 0 Å². The Hall–Kier alpha value is -3.09. The number of nitriles is 1. The van der Waals surface area contributed by atoms with Crippen molar-refractivity contribution in [2.75, 3.05) is 25.1 Å². The van der Waals surface area contributed by atoms with Crippen LogP contribution in [0.3, 0.4) is 0 Å². The van der Waals surface area contributed by atoms with Gasteiger partial charge in [-0.2, -0.15) is 5.26 Å². The summed E-state index contributed by atoms with van der Waals surface area (Å²) >= 11 is 0. The zero-order valence-corrected chi connectivity index (χ0v) is 12.8. The van der Waals surface area contributed by atoms with Crippen molar-refractivity contribution in [3.05, 3.63) is 12.0 Å². The number of anilines is 1. The van der Waals surface area contributed by atoms with Crippen LogP contribution in [0.2, 0.25) is 0 Å². The van der Waals surface area contributed by atoms with Gasteiger partial charge in [-0.3, -0.25) is 10.7 Å². The molecule has 0 aliphatic heterocycles. The van der Waals surface area contributed by atoms with Crippen LogP contribution in [0.15, 0.2) is 6.33 Å². The van der Waals surface area contributed by atoms with E-state index in [1.165, 1.54) is 10.9 Å². The Balaban J connectivity index is 2.83. The Morgan fingerprint density at radius 1 is 1.35 bits per heavy atom. The SMILES string of the molecule is CCOC(=O)Nc1c(C(=N)C#N)ncn1CCOC(=O)OCC. The fourth-order valence-electron chi connectivity index (χ4n) is 1.57. The smallest absolute Gasteiger partial charge is 0.450 e. The van der Waals surface area contributed by atoms with Crippen LogP contribution in [0.4, 0.5) is 15.4 Å². The van der Waals surface area contributed by atoms with E-state index in [0.29, 0.717) is 0 Å². The summed E-state index contributed by atoms with van der Waals surface area (Å²) in [6, 6.07) is 1.64. The van der Waals surface area contributed by atoms with Gasteiger partial charge in [0.25, 0.3) is 0 Å². The van der Waals surface area contributed by atoms with E-state index in [1.54, 1.807) is 19.9 Å². The van der Waals surface area contributed by atoms with Crippen molar-refractivity contribution < 1.29 is 23.8 Å². The number of amides is 1. The fraction of sp³-hybridized carbons (Fsp3) is 0.462. The Morgan fingerprint density at radius 3 is 2.65 bits per heavy atom. The highest BCUT2D eigenvalue weighted by Gasteiger charge is 2.18. The molecule has 10 heteroatoms. The minimum atomic E-state index is -0.808. The van der Waals surface area contributed by atoms with Crippen LogP contribution in [0, 0.1) is 16.7 Å². The lowest BCUT2D eigenvalue weighted by Gasteiger charge is -2.11. The van der Waals surface area contributed by atoms with Crippen LogP contribution in [0.25, 0.3) is 0 Å². The minimum Gasteiger partial charge on any atom is -0.450 e. The van der Waals surface area contributed by atoms with E-state index in [9.17, 15) is 9.59 Å². The minimum absolute atomic E-state index is 0.00307. The summed E-state index contributed by atoms with van der Waals surface area (Å²) in [4.78, 5) is 26.6. The van der Waals surface area contributed by atoms with Gasteiger partial charge in [-0.25, -0.2) is 14.6 Å². The molecule has 23 heavy (non-hydrogen) atoms. The molecule has 0 fully saturated rings. The molecule has 0 atom stereocenters. The molecular formula is C13H17N5O5. The van der Waals surface area contributed by atoms with Crippen molar-refractivity contribution in [3.63, 3.8) is 0 Å². The van der Waals surface area contributed by atoms with Crippen molar-refractivity contribution in [3.8, 4) is 6.07 Å². The average molecular weight is 323 g/mol. The van der Waals surface area contributed by atoms with Gasteiger partial charge in [0.1, 0.15) is 24.2 Å². The maximum atomic E-state index is 11.6. The molecule has 1 aromatic rings. The lowest BCUT2D eigenvalue weighted by Crippen LogP contribution is -2.20. The number of nitrogens with one attached hydrogen (secondary N) is 2. The van der Waals surface area contributed by atoms with Gasteiger partial charge in [-0.05, 0) is 13.8 Å². The normalized spacial score (nSPS) is 9.61. The van der Waals surface area contributed by atoms with Crippen LogP contribution in [0.5, 0.6) is 0 Å². The molecule has 10 nitrogen and oxygen atoms in total. The third kappa shape index (κ3) is 5.31. The second kappa shape index (κ2) is 9.04. The highest BCUT2D eigenvalue weighted by Crippen LogP contribution is 2.15. The average Bonchev–Trinajstić information content (AvgIpc) is 2.90. The summed E-state index contributed by atoms with van der Waals surface area (Å²) in [6.45, 7) is 3.76. The molecular weight excluding hydrogens is 306 g/mol. The fourth-order valence-corrected chi connectivity index (χ4v) is 1.57. The van der Waals surface area contributed by atoms with Crippen molar-refractivity contribution in [2.45, 2.75) is 20.4 Å². The molecule has 0 radical (unpaired) electrons. The Bertz CT molecular complexity index is 619. The van der Waals surface area contributed by atoms with Gasteiger partial charge in [-0.15, -0.1) is 0 Å². The van der Waals surface area contributed by atoms with Crippen molar-refractivity contribution in [1.29, 1.82) is 10.7 Å². The third-order valence-electron chi connectivity index (χ3n) is 2.50. The predicted molar refractivity (Wildman–Crippen MR) is 78.3 cm³/mol. The number of rotatable bonds is 7. The molecule has 2 N–H and O–H groups in total. The van der Waals surface area contributed by atoms with Crippen molar-refractivity contribution >= 4 is 23.8 Å². The van der Waals surface area contributed by atoms with E-state index in [2.05, 4.69) is 15.0 Å². The van der Waals surface area contributed by atoms with Gasteiger partial charge in [0.2, 0.25) is 0 Å². The van der Waals surface area contributed by atoms with Crippen LogP contribution in [-0.4, -0.2) is 47.3 Å². The van der Waals surface area contributed by atoms with E-state index >= 15 is 0 Å². The molecule has 0 saturated carbocycles. The third-order valence-corrected chi connectivity index (χ3v) is 2.50. The number of imidazole rings is 1. The van der Waals surface area contributed by atoms with E-state index in [-0.39, 0.29) is 37.9 Å². The summed E-state index contributed by atoms with van der Waals surface area (Å²) in [6.07, 6.45) is -0.234. The van der Waals surface area contributed by atoms with E-state index in [0.717, 1.165) is 0 Å². The molecule has 0 aliphatic carbocycles. The number of aromatic nitrogens is 2. The quantitative estimate of drug-likeness (QED) is 0.572. The molecule has 0 unspecified atom stereocenters. The zero-order chi connectivity index (χ0) is 17.2. The summed E-state index contributed by atoms with van der Waals surface area (Å²) < 4.78 is 15.6. The molecule has 124 valence electrons. The lowest BCUT2D eigenvalue weighted by atomic mass is 10.3. The Kier molecular flexibility index (Phi) is 7.06. The predicted octanol–water partition coefficient (Wildman–Crippen LogP) is 1.52. The van der Waals surface area contributed by atoms with Gasteiger partial charge in [0.15, 0.2) is 5.71 Å².